The van der Waals surface area contributed by atoms with Crippen molar-refractivity contribution in [2.45, 2.75) is 25.7 Å². The Morgan fingerprint density at radius 2 is 1.95 bits per heavy atom. The second kappa shape index (κ2) is 6.38. The number of rotatable bonds is 8. The predicted molar refractivity (Wildman–Crippen MR) is 80.6 cm³/mol. The topological polar surface area (TPSA) is 75.6 Å². The number of hydrogen-bond donors (Lipinski definition) is 2. The summed E-state index contributed by atoms with van der Waals surface area (Å²) in [5.41, 5.74) is 1.09. The summed E-state index contributed by atoms with van der Waals surface area (Å²) >= 11 is 0. The molecule has 5 nitrogen and oxygen atoms in total. The van der Waals surface area contributed by atoms with E-state index in [1.165, 1.54) is 12.8 Å². The summed E-state index contributed by atoms with van der Waals surface area (Å²) in [5.74, 6) is 1.51. The van der Waals surface area contributed by atoms with E-state index in [4.69, 9.17) is 9.84 Å². The molecule has 0 aliphatic heterocycles. The summed E-state index contributed by atoms with van der Waals surface area (Å²) < 4.78 is 5.08. The number of benzene rings is 1. The molecule has 0 radical (unpaired) electrons. The molecule has 1 aromatic carbocycles. The van der Waals surface area contributed by atoms with Crippen LogP contribution in [0.3, 0.4) is 0 Å². The molecular weight excluding hydrogens is 282 g/mol. The van der Waals surface area contributed by atoms with Gasteiger partial charge in [0, 0.05) is 12.5 Å². The molecule has 118 valence electrons. The molecule has 2 aliphatic rings. The first kappa shape index (κ1) is 14.9. The zero-order valence-electron chi connectivity index (χ0n) is 12.5. The van der Waals surface area contributed by atoms with Gasteiger partial charge in [-0.05, 0) is 55.2 Å². The van der Waals surface area contributed by atoms with E-state index >= 15 is 0 Å². The van der Waals surface area contributed by atoms with E-state index in [0.29, 0.717) is 18.2 Å². The summed E-state index contributed by atoms with van der Waals surface area (Å²) in [7, 11) is 0. The number of ether oxygens (including phenoxy) is 1. The van der Waals surface area contributed by atoms with Crippen molar-refractivity contribution in [1.82, 2.24) is 5.32 Å². The lowest BCUT2D eigenvalue weighted by atomic mass is 10.1. The summed E-state index contributed by atoms with van der Waals surface area (Å²) in [6, 6.07) is 7.30. The Bertz CT molecular complexity index is 550. The van der Waals surface area contributed by atoms with Crippen molar-refractivity contribution in [2.24, 2.45) is 17.8 Å². The number of carboxylic acid groups (broad SMARTS) is 1. The molecule has 0 bridgehead atoms. The summed E-state index contributed by atoms with van der Waals surface area (Å²) in [6.07, 6.45) is 4.47. The Kier molecular flexibility index (Phi) is 4.32. The van der Waals surface area contributed by atoms with Crippen LogP contribution in [0.25, 0.3) is 0 Å². The summed E-state index contributed by atoms with van der Waals surface area (Å²) in [4.78, 5) is 22.4. The van der Waals surface area contributed by atoms with E-state index < -0.39 is 5.97 Å². The summed E-state index contributed by atoms with van der Waals surface area (Å²) in [6.45, 7) is 0.307. The van der Waals surface area contributed by atoms with Gasteiger partial charge in [-0.1, -0.05) is 12.1 Å². The highest BCUT2D eigenvalue weighted by atomic mass is 16.5. The first-order valence-electron chi connectivity index (χ1n) is 7.85. The fourth-order valence-corrected chi connectivity index (χ4v) is 2.92. The van der Waals surface area contributed by atoms with Crippen molar-refractivity contribution in [3.05, 3.63) is 29.8 Å². The highest BCUT2D eigenvalue weighted by Crippen LogP contribution is 2.54. The molecule has 22 heavy (non-hydrogen) atoms. The minimum Gasteiger partial charge on any atom is -0.482 e. The molecule has 2 N–H and O–H groups in total. The van der Waals surface area contributed by atoms with Crippen LogP contribution in [0.1, 0.15) is 24.8 Å². The molecule has 2 saturated carbocycles. The Morgan fingerprint density at radius 1 is 1.23 bits per heavy atom. The normalized spacial score (nSPS) is 22.9. The monoisotopic (exact) mass is 303 g/mol. The van der Waals surface area contributed by atoms with Gasteiger partial charge in [0.2, 0.25) is 5.91 Å². The van der Waals surface area contributed by atoms with Crippen LogP contribution < -0.4 is 10.1 Å². The van der Waals surface area contributed by atoms with Crippen LogP contribution in [-0.4, -0.2) is 30.1 Å². The number of carbonyl (C=O) groups is 2. The van der Waals surface area contributed by atoms with E-state index in [9.17, 15) is 9.59 Å². The van der Waals surface area contributed by atoms with Gasteiger partial charge in [-0.2, -0.15) is 0 Å². The molecule has 1 aromatic rings. The van der Waals surface area contributed by atoms with E-state index in [0.717, 1.165) is 24.3 Å². The number of carbonyl (C=O) groups excluding carboxylic acids is 1. The molecule has 0 spiro atoms. The maximum absolute atomic E-state index is 12.0. The smallest absolute Gasteiger partial charge is 0.341 e. The summed E-state index contributed by atoms with van der Waals surface area (Å²) in [5, 5.41) is 11.6. The Hall–Kier alpha value is -2.04. The maximum atomic E-state index is 12.0. The molecule has 1 amide bonds. The van der Waals surface area contributed by atoms with Crippen LogP contribution in [0, 0.1) is 17.8 Å². The number of aliphatic carboxylic acids is 1. The molecular formula is C17H21NO4. The largest absolute Gasteiger partial charge is 0.482 e. The van der Waals surface area contributed by atoms with Crippen molar-refractivity contribution >= 4 is 11.9 Å². The standard InChI is InChI=1S/C17H21NO4/c19-16(20)10-22-13-5-1-11(2-6-13)7-8-18-17(21)15-9-14(15)12-3-4-12/h1-2,5-6,12,14-15H,3-4,7-10H2,(H,18,21)(H,19,20)/t14-,15+/m0/s1. The van der Waals surface area contributed by atoms with Gasteiger partial charge in [-0.25, -0.2) is 4.79 Å². The molecule has 0 aromatic heterocycles. The Labute approximate surface area is 129 Å². The van der Waals surface area contributed by atoms with Crippen LogP contribution in [0.4, 0.5) is 0 Å². The lowest BCUT2D eigenvalue weighted by Gasteiger charge is -2.07. The average molecular weight is 303 g/mol. The van der Waals surface area contributed by atoms with Gasteiger partial charge in [0.25, 0.3) is 0 Å². The van der Waals surface area contributed by atoms with E-state index in [-0.39, 0.29) is 18.4 Å². The fourth-order valence-electron chi connectivity index (χ4n) is 2.92. The van der Waals surface area contributed by atoms with Crippen LogP contribution in [0.15, 0.2) is 24.3 Å². The second-order valence-corrected chi connectivity index (χ2v) is 6.21. The molecule has 0 unspecified atom stereocenters. The highest BCUT2D eigenvalue weighted by molar-refractivity contribution is 5.81. The molecule has 2 aliphatic carbocycles. The second-order valence-electron chi connectivity index (χ2n) is 6.21. The SMILES string of the molecule is O=C(O)COc1ccc(CCNC(=O)[C@@H]2C[C@H]2C2CC2)cc1. The highest BCUT2D eigenvalue weighted by Gasteiger charge is 2.50. The minimum absolute atomic E-state index is 0.207. The van der Waals surface area contributed by atoms with Crippen molar-refractivity contribution < 1.29 is 19.4 Å². The van der Waals surface area contributed by atoms with E-state index in [1.54, 1.807) is 12.1 Å². The maximum Gasteiger partial charge on any atom is 0.341 e. The lowest BCUT2D eigenvalue weighted by Crippen LogP contribution is -2.27. The number of amides is 1. The average Bonchev–Trinajstić information content (AvgIpc) is 3.38. The van der Waals surface area contributed by atoms with Gasteiger partial charge in [0.15, 0.2) is 6.61 Å². The van der Waals surface area contributed by atoms with Crippen molar-refractivity contribution in [1.29, 1.82) is 0 Å². The Balaban J connectivity index is 1.36. The quantitative estimate of drug-likeness (QED) is 0.768. The van der Waals surface area contributed by atoms with Crippen LogP contribution in [0.2, 0.25) is 0 Å². The molecule has 0 heterocycles. The van der Waals surface area contributed by atoms with Crippen molar-refractivity contribution in [2.75, 3.05) is 13.2 Å². The van der Waals surface area contributed by atoms with Gasteiger partial charge < -0.3 is 15.2 Å². The Morgan fingerprint density at radius 3 is 2.59 bits per heavy atom. The lowest BCUT2D eigenvalue weighted by molar-refractivity contribution is -0.139. The number of nitrogens with one attached hydrogen (secondary N) is 1. The predicted octanol–water partition coefficient (Wildman–Crippen LogP) is 1.85. The third-order valence-electron chi connectivity index (χ3n) is 4.40. The van der Waals surface area contributed by atoms with Crippen molar-refractivity contribution in [3.8, 4) is 5.75 Å². The number of carboxylic acids is 1. The van der Waals surface area contributed by atoms with Gasteiger partial charge in [-0.3, -0.25) is 4.79 Å². The van der Waals surface area contributed by atoms with Crippen LogP contribution in [0.5, 0.6) is 5.75 Å². The van der Waals surface area contributed by atoms with Gasteiger partial charge in [-0.15, -0.1) is 0 Å². The van der Waals surface area contributed by atoms with Gasteiger partial charge in [0.1, 0.15) is 5.75 Å². The number of hydrogen-bond acceptors (Lipinski definition) is 3. The first-order valence-corrected chi connectivity index (χ1v) is 7.85. The van der Waals surface area contributed by atoms with E-state index in [1.807, 2.05) is 12.1 Å². The fraction of sp³-hybridized carbons (Fsp3) is 0.529. The molecule has 0 saturated heterocycles. The molecule has 5 heteroatoms. The first-order chi connectivity index (χ1) is 10.6. The van der Waals surface area contributed by atoms with Gasteiger partial charge in [0.05, 0.1) is 0 Å². The third kappa shape index (κ3) is 4.00. The van der Waals surface area contributed by atoms with Crippen LogP contribution >= 0.6 is 0 Å². The van der Waals surface area contributed by atoms with Crippen LogP contribution in [-0.2, 0) is 16.0 Å². The van der Waals surface area contributed by atoms with Gasteiger partial charge >= 0.3 is 5.97 Å². The third-order valence-corrected chi connectivity index (χ3v) is 4.40. The molecule has 2 fully saturated rings. The zero-order chi connectivity index (χ0) is 15.5. The zero-order valence-corrected chi connectivity index (χ0v) is 12.5. The van der Waals surface area contributed by atoms with E-state index in [2.05, 4.69) is 5.32 Å². The molecule has 3 rings (SSSR count). The van der Waals surface area contributed by atoms with Crippen molar-refractivity contribution in [3.63, 3.8) is 0 Å². The minimum atomic E-state index is -0.989. The molecule has 2 atom stereocenters.